The number of ether oxygens (including phenoxy) is 1. The van der Waals surface area contributed by atoms with Crippen LogP contribution in [0.25, 0.3) is 11.3 Å². The fourth-order valence-electron chi connectivity index (χ4n) is 3.32. The molecule has 0 aliphatic carbocycles. The number of aryl methyl sites for hydroxylation is 1. The van der Waals surface area contributed by atoms with Gasteiger partial charge in [0.2, 0.25) is 5.95 Å². The maximum Gasteiger partial charge on any atom is 0.269 e. The molecule has 0 saturated carbocycles. The molecule has 2 radical (unpaired) electrons. The summed E-state index contributed by atoms with van der Waals surface area (Å²) >= 11 is 6.41. The van der Waals surface area contributed by atoms with Crippen molar-refractivity contribution in [2.45, 2.75) is 32.8 Å². The molecule has 35 heavy (non-hydrogen) atoms. The second-order valence-corrected chi connectivity index (χ2v) is 9.29. The van der Waals surface area contributed by atoms with Crippen LogP contribution in [0.4, 0.5) is 17.3 Å². The molecule has 11 nitrogen and oxygen atoms in total. The van der Waals surface area contributed by atoms with Gasteiger partial charge in [0.05, 0.1) is 46.0 Å². The van der Waals surface area contributed by atoms with Crippen LogP contribution < -0.4 is 5.32 Å². The highest BCUT2D eigenvalue weighted by Crippen LogP contribution is 2.29. The van der Waals surface area contributed by atoms with Crippen LogP contribution >= 0.6 is 11.6 Å². The Morgan fingerprint density at radius 2 is 2.00 bits per heavy atom. The highest BCUT2D eigenvalue weighted by molar-refractivity contribution is 6.33. The molecule has 4 aromatic rings. The third-order valence-corrected chi connectivity index (χ3v) is 6.03. The zero-order valence-electron chi connectivity index (χ0n) is 19.2. The molecule has 1 N–H and O–H groups in total. The lowest BCUT2D eigenvalue weighted by Gasteiger charge is -2.06. The lowest BCUT2D eigenvalue weighted by Crippen LogP contribution is -2.05. The van der Waals surface area contributed by atoms with Gasteiger partial charge in [-0.3, -0.25) is 14.8 Å². The lowest BCUT2D eigenvalue weighted by molar-refractivity contribution is -0.384. The smallest absolute Gasteiger partial charge is 0.269 e. The molecule has 0 saturated heterocycles. The van der Waals surface area contributed by atoms with Gasteiger partial charge in [-0.25, -0.2) is 14.6 Å². The molecule has 0 amide bonds. The first kappa shape index (κ1) is 24.5. The SMILES string of the molecule is C[Si]CCOCn1cc(-c2nc(Nc3cnn(Cc4ccc([N+](=O)[O-])cc4)c3)ncc2Cl)c(C)n1. The number of rotatable bonds is 11. The third-order valence-electron chi connectivity index (χ3n) is 5.05. The van der Waals surface area contributed by atoms with Crippen LogP contribution in [-0.2, 0) is 18.0 Å². The molecular weight excluding hydrogens is 488 g/mol. The van der Waals surface area contributed by atoms with Crippen molar-refractivity contribution >= 4 is 38.4 Å². The molecule has 0 fully saturated rings. The first-order valence-corrected chi connectivity index (χ1v) is 12.8. The minimum Gasteiger partial charge on any atom is -0.360 e. The van der Waals surface area contributed by atoms with Crippen molar-refractivity contribution in [2.24, 2.45) is 0 Å². The molecule has 4 rings (SSSR count). The number of benzene rings is 1. The van der Waals surface area contributed by atoms with Crippen molar-refractivity contribution in [1.82, 2.24) is 29.5 Å². The van der Waals surface area contributed by atoms with Gasteiger partial charge in [0.15, 0.2) is 0 Å². The first-order valence-electron chi connectivity index (χ1n) is 10.7. The topological polar surface area (TPSA) is 126 Å². The van der Waals surface area contributed by atoms with Gasteiger partial charge in [0.1, 0.15) is 6.73 Å². The van der Waals surface area contributed by atoms with Crippen molar-refractivity contribution in [2.75, 3.05) is 11.9 Å². The van der Waals surface area contributed by atoms with Gasteiger partial charge < -0.3 is 10.1 Å². The summed E-state index contributed by atoms with van der Waals surface area (Å²) in [6.45, 7) is 5.57. The third kappa shape index (κ3) is 6.29. The number of aromatic nitrogens is 6. The molecule has 0 aliphatic rings. The zero-order chi connectivity index (χ0) is 24.8. The van der Waals surface area contributed by atoms with Crippen molar-refractivity contribution in [3.8, 4) is 11.3 Å². The van der Waals surface area contributed by atoms with Gasteiger partial charge in [-0.15, -0.1) is 0 Å². The van der Waals surface area contributed by atoms with E-state index in [1.54, 1.807) is 40.1 Å². The summed E-state index contributed by atoms with van der Waals surface area (Å²) in [6.07, 6.45) is 6.86. The van der Waals surface area contributed by atoms with Gasteiger partial charge in [-0.05, 0) is 18.5 Å². The molecule has 3 heterocycles. The Kier molecular flexibility index (Phi) is 7.85. The van der Waals surface area contributed by atoms with E-state index >= 15 is 0 Å². The van der Waals surface area contributed by atoms with Crippen molar-refractivity contribution < 1.29 is 9.66 Å². The van der Waals surface area contributed by atoms with Crippen LogP contribution in [0.5, 0.6) is 0 Å². The summed E-state index contributed by atoms with van der Waals surface area (Å²) in [7, 11) is 0.858. The number of nitro groups is 1. The maximum absolute atomic E-state index is 10.8. The van der Waals surface area contributed by atoms with Gasteiger partial charge in [0, 0.05) is 46.2 Å². The van der Waals surface area contributed by atoms with E-state index in [2.05, 4.69) is 32.0 Å². The van der Waals surface area contributed by atoms with Gasteiger partial charge >= 0.3 is 0 Å². The number of non-ortho nitro benzene ring substituents is 1. The van der Waals surface area contributed by atoms with E-state index in [1.165, 1.54) is 12.1 Å². The molecule has 0 bridgehead atoms. The first-order chi connectivity index (χ1) is 16.9. The predicted molar refractivity (Wildman–Crippen MR) is 133 cm³/mol. The van der Waals surface area contributed by atoms with E-state index in [1.807, 2.05) is 13.1 Å². The molecular formula is C22H23ClN8O3Si. The number of hydrogen-bond donors (Lipinski definition) is 1. The fraction of sp³-hybridized carbons (Fsp3) is 0.273. The Balaban J connectivity index is 1.45. The molecule has 0 spiro atoms. The zero-order valence-corrected chi connectivity index (χ0v) is 20.9. The maximum atomic E-state index is 10.8. The Hall–Kier alpha value is -3.61. The Labute approximate surface area is 209 Å². The number of nitrogens with one attached hydrogen (secondary N) is 1. The molecule has 3 aromatic heterocycles. The average Bonchev–Trinajstić information content (AvgIpc) is 3.44. The fourth-order valence-corrected chi connectivity index (χ4v) is 3.86. The molecule has 0 atom stereocenters. The van der Waals surface area contributed by atoms with Crippen LogP contribution in [0.1, 0.15) is 11.3 Å². The Morgan fingerprint density at radius 3 is 2.74 bits per heavy atom. The van der Waals surface area contributed by atoms with Crippen molar-refractivity contribution in [3.63, 3.8) is 0 Å². The van der Waals surface area contributed by atoms with Crippen LogP contribution in [-0.4, -0.2) is 50.6 Å². The van der Waals surface area contributed by atoms with E-state index in [0.29, 0.717) is 42.2 Å². The van der Waals surface area contributed by atoms with Crippen LogP contribution in [0.15, 0.2) is 49.1 Å². The van der Waals surface area contributed by atoms with E-state index < -0.39 is 4.92 Å². The molecule has 13 heteroatoms. The number of nitro benzene ring substituents is 1. The van der Waals surface area contributed by atoms with E-state index in [9.17, 15) is 10.1 Å². The summed E-state index contributed by atoms with van der Waals surface area (Å²) in [6, 6.07) is 7.40. The average molecular weight is 511 g/mol. The summed E-state index contributed by atoms with van der Waals surface area (Å²) in [5.41, 5.74) is 3.79. The van der Waals surface area contributed by atoms with E-state index in [-0.39, 0.29) is 5.69 Å². The minimum atomic E-state index is -0.422. The second kappa shape index (κ2) is 11.2. The van der Waals surface area contributed by atoms with Crippen molar-refractivity contribution in [3.05, 3.63) is 75.4 Å². The Morgan fingerprint density at radius 1 is 1.20 bits per heavy atom. The summed E-state index contributed by atoms with van der Waals surface area (Å²) in [5.74, 6) is 0.367. The summed E-state index contributed by atoms with van der Waals surface area (Å²) < 4.78 is 9.10. The van der Waals surface area contributed by atoms with Gasteiger partial charge in [-0.2, -0.15) is 10.2 Å². The van der Waals surface area contributed by atoms with Gasteiger partial charge in [-0.1, -0.05) is 30.3 Å². The van der Waals surface area contributed by atoms with E-state index in [4.69, 9.17) is 16.3 Å². The van der Waals surface area contributed by atoms with Crippen LogP contribution in [0, 0.1) is 17.0 Å². The number of halogens is 1. The highest BCUT2D eigenvalue weighted by Gasteiger charge is 2.15. The predicted octanol–water partition coefficient (Wildman–Crippen LogP) is 4.34. The number of anilines is 2. The normalized spacial score (nSPS) is 11.1. The molecule has 0 unspecified atom stereocenters. The molecule has 1 aromatic carbocycles. The highest BCUT2D eigenvalue weighted by atomic mass is 35.5. The molecule has 0 aliphatic heterocycles. The van der Waals surface area contributed by atoms with Crippen LogP contribution in [0.3, 0.4) is 0 Å². The van der Waals surface area contributed by atoms with E-state index in [0.717, 1.165) is 32.4 Å². The largest absolute Gasteiger partial charge is 0.360 e. The lowest BCUT2D eigenvalue weighted by atomic mass is 10.2. The quantitative estimate of drug-likeness (QED) is 0.137. The summed E-state index contributed by atoms with van der Waals surface area (Å²) in [4.78, 5) is 19.3. The monoisotopic (exact) mass is 510 g/mol. The Bertz CT molecular complexity index is 1310. The van der Waals surface area contributed by atoms with Gasteiger partial charge in [0.25, 0.3) is 5.69 Å². The van der Waals surface area contributed by atoms with Crippen LogP contribution in [0.2, 0.25) is 17.6 Å². The second-order valence-electron chi connectivity index (χ2n) is 7.67. The van der Waals surface area contributed by atoms with Crippen molar-refractivity contribution in [1.29, 1.82) is 0 Å². The minimum absolute atomic E-state index is 0.0531. The summed E-state index contributed by atoms with van der Waals surface area (Å²) in [5, 5.41) is 23.2. The molecule has 180 valence electrons. The number of nitrogens with zero attached hydrogens (tertiary/aromatic N) is 7. The number of hydrogen-bond acceptors (Lipinski definition) is 8. The standard InChI is InChI=1S/C22H23ClN8O3Si/c1-15-19(13-30(28-15)14-34-7-8-35-2)21-20(23)10-24-22(27-21)26-17-9-25-29(12-17)11-16-3-5-18(6-4-16)31(32)33/h3-6,9-10,12-13H,7-8,11,14H2,1-2H3,(H,24,26,27).